The van der Waals surface area contributed by atoms with Crippen molar-refractivity contribution in [2.45, 2.75) is 65.1 Å². The van der Waals surface area contributed by atoms with Crippen LogP contribution in [0, 0.1) is 16.2 Å². The summed E-state index contributed by atoms with van der Waals surface area (Å²) in [7, 11) is 0. The summed E-state index contributed by atoms with van der Waals surface area (Å²) in [5, 5.41) is 0. The number of carbonyl (C=O) groups excluding carboxylic acids is 2. The van der Waals surface area contributed by atoms with Crippen molar-refractivity contribution in [1.29, 1.82) is 0 Å². The van der Waals surface area contributed by atoms with Crippen molar-refractivity contribution >= 4 is 27.6 Å². The highest BCUT2D eigenvalue weighted by Crippen LogP contribution is 2.72. The van der Waals surface area contributed by atoms with E-state index < -0.39 is 5.41 Å². The standard InChI is InChI=1S/C17H28BrNO2/c1-6-10-19(11-7-2)14(21)17-9-8-16(5,15(17,3)4)13(20)12(17)18/h12H,6-11H2,1-5H3. The quantitative estimate of drug-likeness (QED) is 0.701. The van der Waals surface area contributed by atoms with Crippen LogP contribution in [-0.2, 0) is 9.59 Å². The van der Waals surface area contributed by atoms with Crippen molar-refractivity contribution in [2.75, 3.05) is 13.1 Å². The molecule has 21 heavy (non-hydrogen) atoms. The van der Waals surface area contributed by atoms with Gasteiger partial charge in [0.25, 0.3) is 0 Å². The molecule has 4 heteroatoms. The number of hydrogen-bond donors (Lipinski definition) is 0. The number of amides is 1. The van der Waals surface area contributed by atoms with Gasteiger partial charge in [-0.15, -0.1) is 0 Å². The van der Waals surface area contributed by atoms with Gasteiger partial charge in [-0.3, -0.25) is 9.59 Å². The maximum Gasteiger partial charge on any atom is 0.230 e. The minimum absolute atomic E-state index is 0.188. The Kier molecular flexibility index (Phi) is 4.34. The first-order chi connectivity index (χ1) is 9.70. The lowest BCUT2D eigenvalue weighted by Crippen LogP contribution is -2.52. The Morgan fingerprint density at radius 2 is 1.71 bits per heavy atom. The third-order valence-electron chi connectivity index (χ3n) is 6.38. The van der Waals surface area contributed by atoms with Crippen molar-refractivity contribution < 1.29 is 9.59 Å². The molecule has 0 radical (unpaired) electrons. The predicted molar refractivity (Wildman–Crippen MR) is 88.4 cm³/mol. The average molecular weight is 358 g/mol. The van der Waals surface area contributed by atoms with Crippen molar-refractivity contribution in [3.63, 3.8) is 0 Å². The lowest BCUT2D eigenvalue weighted by atomic mass is 9.64. The maximum atomic E-state index is 13.4. The molecule has 0 heterocycles. The van der Waals surface area contributed by atoms with Crippen LogP contribution in [0.3, 0.4) is 0 Å². The Hall–Kier alpha value is -0.380. The Labute approximate surface area is 137 Å². The molecule has 0 aromatic heterocycles. The van der Waals surface area contributed by atoms with Gasteiger partial charge in [-0.2, -0.15) is 0 Å². The van der Waals surface area contributed by atoms with Crippen LogP contribution >= 0.6 is 15.9 Å². The van der Waals surface area contributed by atoms with E-state index in [0.717, 1.165) is 38.8 Å². The summed E-state index contributed by atoms with van der Waals surface area (Å²) >= 11 is 3.60. The molecule has 2 aliphatic rings. The highest BCUT2D eigenvalue weighted by Gasteiger charge is 2.77. The molecule has 2 bridgehead atoms. The van der Waals surface area contributed by atoms with Gasteiger partial charge in [0.05, 0.1) is 10.2 Å². The lowest BCUT2D eigenvalue weighted by molar-refractivity contribution is -0.147. The van der Waals surface area contributed by atoms with E-state index in [4.69, 9.17) is 0 Å². The number of ketones is 1. The molecular weight excluding hydrogens is 330 g/mol. The summed E-state index contributed by atoms with van der Waals surface area (Å²) in [6.07, 6.45) is 3.57. The van der Waals surface area contributed by atoms with Gasteiger partial charge in [0, 0.05) is 18.5 Å². The number of Topliss-reactive ketones (excluding diaryl/α,β-unsaturated/α-hetero) is 1. The number of carbonyl (C=O) groups is 2. The van der Waals surface area contributed by atoms with Crippen LogP contribution in [0.25, 0.3) is 0 Å². The fraction of sp³-hybridized carbons (Fsp3) is 0.882. The van der Waals surface area contributed by atoms with Crippen LogP contribution in [0.2, 0.25) is 0 Å². The van der Waals surface area contributed by atoms with E-state index in [0.29, 0.717) is 0 Å². The Morgan fingerprint density at radius 1 is 1.19 bits per heavy atom. The first kappa shape index (κ1) is 17.0. The molecule has 0 spiro atoms. The molecule has 0 aliphatic heterocycles. The second-order valence-electron chi connectivity index (χ2n) is 7.45. The Bertz CT molecular complexity index is 456. The van der Waals surface area contributed by atoms with Crippen LogP contribution in [0.1, 0.15) is 60.3 Å². The second-order valence-corrected chi connectivity index (χ2v) is 8.36. The van der Waals surface area contributed by atoms with Crippen LogP contribution < -0.4 is 0 Å². The van der Waals surface area contributed by atoms with Gasteiger partial charge in [-0.05, 0) is 31.1 Å². The van der Waals surface area contributed by atoms with Crippen LogP contribution in [-0.4, -0.2) is 34.5 Å². The summed E-state index contributed by atoms with van der Waals surface area (Å²) in [4.78, 5) is 27.8. The third-order valence-corrected chi connectivity index (χ3v) is 7.57. The zero-order valence-corrected chi connectivity index (χ0v) is 15.5. The molecule has 2 aliphatic carbocycles. The topological polar surface area (TPSA) is 37.4 Å². The fourth-order valence-corrected chi connectivity index (χ4v) is 6.06. The molecule has 0 aromatic carbocycles. The molecule has 120 valence electrons. The van der Waals surface area contributed by atoms with E-state index in [2.05, 4.69) is 50.5 Å². The second kappa shape index (κ2) is 5.36. The minimum Gasteiger partial charge on any atom is -0.342 e. The van der Waals surface area contributed by atoms with E-state index in [9.17, 15) is 9.59 Å². The van der Waals surface area contributed by atoms with Crippen molar-refractivity contribution in [2.24, 2.45) is 16.2 Å². The van der Waals surface area contributed by atoms with Crippen LogP contribution in [0.15, 0.2) is 0 Å². The molecule has 3 atom stereocenters. The fourth-order valence-electron chi connectivity index (χ4n) is 4.56. The smallest absolute Gasteiger partial charge is 0.230 e. The van der Waals surface area contributed by atoms with Gasteiger partial charge in [0.2, 0.25) is 5.91 Å². The zero-order chi connectivity index (χ0) is 16.1. The molecule has 2 fully saturated rings. The van der Waals surface area contributed by atoms with Crippen molar-refractivity contribution in [3.8, 4) is 0 Å². The largest absolute Gasteiger partial charge is 0.342 e. The Morgan fingerprint density at radius 3 is 2.10 bits per heavy atom. The van der Waals surface area contributed by atoms with E-state index >= 15 is 0 Å². The molecule has 2 rings (SSSR count). The number of hydrogen-bond acceptors (Lipinski definition) is 2. The lowest BCUT2D eigenvalue weighted by Gasteiger charge is -2.42. The molecule has 0 saturated heterocycles. The van der Waals surface area contributed by atoms with Gasteiger partial charge >= 0.3 is 0 Å². The van der Waals surface area contributed by atoms with E-state index in [1.54, 1.807) is 0 Å². The number of nitrogens with zero attached hydrogens (tertiary/aromatic N) is 1. The van der Waals surface area contributed by atoms with Crippen LogP contribution in [0.5, 0.6) is 0 Å². The van der Waals surface area contributed by atoms with Gasteiger partial charge in [-0.25, -0.2) is 0 Å². The van der Waals surface area contributed by atoms with Gasteiger partial charge < -0.3 is 4.90 Å². The first-order valence-electron chi connectivity index (χ1n) is 8.18. The number of fused-ring (bicyclic) bond motifs is 2. The Balaban J connectivity index is 2.45. The van der Waals surface area contributed by atoms with Crippen molar-refractivity contribution in [1.82, 2.24) is 4.90 Å². The van der Waals surface area contributed by atoms with Crippen LogP contribution in [0.4, 0.5) is 0 Å². The third kappa shape index (κ3) is 1.90. The van der Waals surface area contributed by atoms with E-state index in [1.807, 2.05) is 4.90 Å². The molecule has 3 unspecified atom stereocenters. The molecule has 1 amide bonds. The van der Waals surface area contributed by atoms with Gasteiger partial charge in [-0.1, -0.05) is 50.5 Å². The number of alkyl halides is 1. The average Bonchev–Trinajstić information content (AvgIpc) is 2.70. The SMILES string of the molecule is CCCN(CCC)C(=O)C12CCC(C)(C(=O)C1Br)C2(C)C. The summed E-state index contributed by atoms with van der Waals surface area (Å²) in [6.45, 7) is 12.1. The maximum absolute atomic E-state index is 13.4. The summed E-state index contributed by atoms with van der Waals surface area (Å²) in [5.74, 6) is 0.410. The summed E-state index contributed by atoms with van der Waals surface area (Å²) in [6, 6.07) is 0. The predicted octanol–water partition coefficient (Wildman–Crippen LogP) is 3.79. The van der Waals surface area contributed by atoms with Gasteiger partial charge in [0.1, 0.15) is 0 Å². The van der Waals surface area contributed by atoms with E-state index in [-0.39, 0.29) is 27.3 Å². The van der Waals surface area contributed by atoms with Gasteiger partial charge in [0.15, 0.2) is 5.78 Å². The summed E-state index contributed by atoms with van der Waals surface area (Å²) in [5.41, 5.74) is -1.23. The minimum atomic E-state index is -0.566. The van der Waals surface area contributed by atoms with Crippen molar-refractivity contribution in [3.05, 3.63) is 0 Å². The highest BCUT2D eigenvalue weighted by atomic mass is 79.9. The normalized spacial score (nSPS) is 37.0. The number of halogens is 1. The molecular formula is C17H28BrNO2. The summed E-state index contributed by atoms with van der Waals surface area (Å²) < 4.78 is 0. The monoisotopic (exact) mass is 357 g/mol. The molecule has 2 saturated carbocycles. The molecule has 0 aromatic rings. The van der Waals surface area contributed by atoms with E-state index in [1.165, 1.54) is 0 Å². The molecule has 0 N–H and O–H groups in total. The highest BCUT2D eigenvalue weighted by molar-refractivity contribution is 9.10. The number of rotatable bonds is 5. The molecule has 3 nitrogen and oxygen atoms in total. The zero-order valence-electron chi connectivity index (χ0n) is 14.0. The first-order valence-corrected chi connectivity index (χ1v) is 9.10.